The lowest BCUT2D eigenvalue weighted by atomic mass is 10.1. The zero-order valence-electron chi connectivity index (χ0n) is 10.0. The van der Waals surface area contributed by atoms with Gasteiger partial charge in [-0.3, -0.25) is 0 Å². The highest BCUT2D eigenvalue weighted by Gasteiger charge is 2.16. The van der Waals surface area contributed by atoms with E-state index in [-0.39, 0.29) is 4.87 Å². The summed E-state index contributed by atoms with van der Waals surface area (Å²) in [5, 5.41) is 0. The smallest absolute Gasteiger partial charge is 0.132 e. The second-order valence-electron chi connectivity index (χ2n) is 4.29. The van der Waals surface area contributed by atoms with Crippen LogP contribution < -0.4 is 10.5 Å². The number of methoxy groups -OCH3 is 1. The van der Waals surface area contributed by atoms with Crippen molar-refractivity contribution in [2.45, 2.75) is 37.5 Å². The minimum Gasteiger partial charge on any atom is -0.496 e. The first-order valence-corrected chi connectivity index (χ1v) is 5.78. The van der Waals surface area contributed by atoms with Crippen molar-refractivity contribution in [3.63, 3.8) is 0 Å². The molecule has 0 aliphatic rings. The Labute approximate surface area is 96.2 Å². The molecule has 0 saturated heterocycles. The van der Waals surface area contributed by atoms with E-state index < -0.39 is 0 Å². The van der Waals surface area contributed by atoms with Gasteiger partial charge in [-0.1, -0.05) is 0 Å². The zero-order valence-corrected chi connectivity index (χ0v) is 10.9. The van der Waals surface area contributed by atoms with Crippen molar-refractivity contribution in [3.05, 3.63) is 23.3 Å². The van der Waals surface area contributed by atoms with Crippen LogP contribution >= 0.6 is 11.8 Å². The van der Waals surface area contributed by atoms with Crippen LogP contribution in [-0.4, -0.2) is 12.0 Å². The lowest BCUT2D eigenvalue weighted by Crippen LogP contribution is -2.26. The number of nitrogens with two attached hydrogens (primary N) is 1. The van der Waals surface area contributed by atoms with Crippen LogP contribution in [0.15, 0.2) is 17.0 Å². The molecular weight excluding hydrogens is 206 g/mol. The van der Waals surface area contributed by atoms with Gasteiger partial charge in [0.2, 0.25) is 0 Å². The Bertz CT molecular complexity index is 355. The molecule has 1 aromatic rings. The standard InChI is InChI=1S/C12H19NOS/c1-8-6-10(14-5)11(7-9(8)2)15-12(3,4)13/h6-7H,13H2,1-5H3. The predicted molar refractivity (Wildman–Crippen MR) is 66.6 cm³/mol. The normalized spacial score (nSPS) is 11.6. The topological polar surface area (TPSA) is 35.2 Å². The Balaban J connectivity index is 3.11. The molecule has 0 radical (unpaired) electrons. The van der Waals surface area contributed by atoms with Gasteiger partial charge in [0.1, 0.15) is 5.75 Å². The summed E-state index contributed by atoms with van der Waals surface area (Å²) in [6, 6.07) is 4.19. The number of hydrogen-bond acceptors (Lipinski definition) is 3. The fraction of sp³-hybridized carbons (Fsp3) is 0.500. The third kappa shape index (κ3) is 3.43. The predicted octanol–water partition coefficient (Wildman–Crippen LogP) is 3.10. The van der Waals surface area contributed by atoms with Crippen LogP contribution in [0, 0.1) is 13.8 Å². The van der Waals surface area contributed by atoms with Crippen LogP contribution in [0.2, 0.25) is 0 Å². The molecule has 0 saturated carbocycles. The lowest BCUT2D eigenvalue weighted by molar-refractivity contribution is 0.404. The van der Waals surface area contributed by atoms with E-state index in [1.165, 1.54) is 11.1 Å². The molecule has 1 rings (SSSR count). The van der Waals surface area contributed by atoms with E-state index in [1.807, 2.05) is 13.8 Å². The van der Waals surface area contributed by atoms with Crippen molar-refractivity contribution >= 4 is 11.8 Å². The number of thioether (sulfide) groups is 1. The minimum absolute atomic E-state index is 0.283. The third-order valence-corrected chi connectivity index (χ3v) is 3.22. The fourth-order valence-electron chi connectivity index (χ4n) is 1.29. The van der Waals surface area contributed by atoms with Crippen molar-refractivity contribution in [3.8, 4) is 5.75 Å². The molecule has 0 heterocycles. The van der Waals surface area contributed by atoms with E-state index in [4.69, 9.17) is 10.5 Å². The van der Waals surface area contributed by atoms with E-state index in [0.717, 1.165) is 10.6 Å². The molecule has 0 spiro atoms. The minimum atomic E-state index is -0.283. The van der Waals surface area contributed by atoms with Crippen molar-refractivity contribution in [2.75, 3.05) is 7.11 Å². The van der Waals surface area contributed by atoms with Crippen molar-refractivity contribution < 1.29 is 4.74 Å². The van der Waals surface area contributed by atoms with Gasteiger partial charge in [-0.05, 0) is 51.0 Å². The Morgan fingerprint density at radius 2 is 1.73 bits per heavy atom. The SMILES string of the molecule is COc1cc(C)c(C)cc1SC(C)(C)N. The Kier molecular flexibility index (Phi) is 3.68. The maximum atomic E-state index is 5.99. The van der Waals surface area contributed by atoms with E-state index >= 15 is 0 Å². The molecule has 15 heavy (non-hydrogen) atoms. The van der Waals surface area contributed by atoms with E-state index in [1.54, 1.807) is 18.9 Å². The summed E-state index contributed by atoms with van der Waals surface area (Å²) in [6.07, 6.45) is 0. The number of hydrogen-bond donors (Lipinski definition) is 1. The monoisotopic (exact) mass is 225 g/mol. The summed E-state index contributed by atoms with van der Waals surface area (Å²) >= 11 is 1.63. The Hall–Kier alpha value is -0.670. The summed E-state index contributed by atoms with van der Waals surface area (Å²) in [5.41, 5.74) is 8.49. The molecule has 0 atom stereocenters. The average Bonchev–Trinajstić information content (AvgIpc) is 2.08. The van der Waals surface area contributed by atoms with Gasteiger partial charge in [0.25, 0.3) is 0 Å². The van der Waals surface area contributed by atoms with Crippen LogP contribution in [0.3, 0.4) is 0 Å². The van der Waals surface area contributed by atoms with Gasteiger partial charge < -0.3 is 10.5 Å². The number of benzene rings is 1. The van der Waals surface area contributed by atoms with E-state index in [2.05, 4.69) is 26.0 Å². The van der Waals surface area contributed by atoms with Crippen LogP contribution in [-0.2, 0) is 0 Å². The van der Waals surface area contributed by atoms with Crippen LogP contribution in [0.5, 0.6) is 5.75 Å². The van der Waals surface area contributed by atoms with Gasteiger partial charge in [-0.15, -0.1) is 11.8 Å². The van der Waals surface area contributed by atoms with Gasteiger partial charge in [0.05, 0.1) is 16.9 Å². The summed E-state index contributed by atoms with van der Waals surface area (Å²) in [4.78, 5) is 0.822. The maximum Gasteiger partial charge on any atom is 0.132 e. The van der Waals surface area contributed by atoms with Crippen molar-refractivity contribution in [1.29, 1.82) is 0 Å². The molecule has 84 valence electrons. The molecule has 0 amide bonds. The van der Waals surface area contributed by atoms with Gasteiger partial charge >= 0.3 is 0 Å². The van der Waals surface area contributed by atoms with Crippen molar-refractivity contribution in [1.82, 2.24) is 0 Å². The second-order valence-corrected chi connectivity index (χ2v) is 5.99. The van der Waals surface area contributed by atoms with Crippen molar-refractivity contribution in [2.24, 2.45) is 5.73 Å². The third-order valence-electron chi connectivity index (χ3n) is 2.15. The lowest BCUT2D eigenvalue weighted by Gasteiger charge is -2.20. The quantitative estimate of drug-likeness (QED) is 0.634. The summed E-state index contributed by atoms with van der Waals surface area (Å²) in [7, 11) is 1.69. The molecule has 0 aliphatic heterocycles. The van der Waals surface area contributed by atoms with E-state index in [9.17, 15) is 0 Å². The number of rotatable bonds is 3. The summed E-state index contributed by atoms with van der Waals surface area (Å²) < 4.78 is 5.35. The first-order valence-electron chi connectivity index (χ1n) is 4.96. The molecule has 1 aromatic carbocycles. The molecule has 0 unspecified atom stereocenters. The summed E-state index contributed by atoms with van der Waals surface area (Å²) in [6.45, 7) is 8.17. The highest BCUT2D eigenvalue weighted by molar-refractivity contribution is 8.00. The van der Waals surface area contributed by atoms with Crippen LogP contribution in [0.25, 0.3) is 0 Å². The molecule has 2 nitrogen and oxygen atoms in total. The fourth-order valence-corrected chi connectivity index (χ4v) is 2.33. The second kappa shape index (κ2) is 4.45. The van der Waals surface area contributed by atoms with Gasteiger partial charge in [-0.25, -0.2) is 0 Å². The maximum absolute atomic E-state index is 5.99. The van der Waals surface area contributed by atoms with Gasteiger partial charge in [0.15, 0.2) is 0 Å². The largest absolute Gasteiger partial charge is 0.496 e. The zero-order chi connectivity index (χ0) is 11.6. The van der Waals surface area contributed by atoms with Crippen LogP contribution in [0.4, 0.5) is 0 Å². The first kappa shape index (κ1) is 12.4. The Morgan fingerprint density at radius 3 is 2.20 bits per heavy atom. The molecule has 0 aliphatic carbocycles. The average molecular weight is 225 g/mol. The Morgan fingerprint density at radius 1 is 1.20 bits per heavy atom. The highest BCUT2D eigenvalue weighted by Crippen LogP contribution is 2.36. The molecular formula is C12H19NOS. The summed E-state index contributed by atoms with van der Waals surface area (Å²) in [5.74, 6) is 0.904. The van der Waals surface area contributed by atoms with Gasteiger partial charge in [0, 0.05) is 0 Å². The molecule has 0 bridgehead atoms. The first-order chi connectivity index (χ1) is 6.83. The number of aryl methyl sites for hydroxylation is 2. The molecule has 0 fully saturated rings. The van der Waals surface area contributed by atoms with Crippen LogP contribution in [0.1, 0.15) is 25.0 Å². The molecule has 3 heteroatoms. The number of ether oxygens (including phenoxy) is 1. The molecule has 0 aromatic heterocycles. The molecule has 2 N–H and O–H groups in total. The van der Waals surface area contributed by atoms with Gasteiger partial charge in [-0.2, -0.15) is 0 Å². The van der Waals surface area contributed by atoms with E-state index in [0.29, 0.717) is 0 Å². The highest BCUT2D eigenvalue weighted by atomic mass is 32.2.